The third kappa shape index (κ3) is 8.23. The molecule has 1 amide bonds. The number of hydrogen-bond donors (Lipinski definition) is 3. The summed E-state index contributed by atoms with van der Waals surface area (Å²) in [6.45, 7) is 0.400. The molecule has 0 unspecified atom stereocenters. The Hall–Kier alpha value is -1.54. The van der Waals surface area contributed by atoms with Gasteiger partial charge in [0.1, 0.15) is 12.4 Å². The van der Waals surface area contributed by atoms with Crippen molar-refractivity contribution in [3.63, 3.8) is 0 Å². The van der Waals surface area contributed by atoms with Crippen LogP contribution in [-0.4, -0.2) is 22.4 Å². The summed E-state index contributed by atoms with van der Waals surface area (Å²) >= 11 is 0. The molecule has 0 aromatic heterocycles. The first-order valence-electron chi connectivity index (χ1n) is 7.33. The van der Waals surface area contributed by atoms with Gasteiger partial charge in [-0.2, -0.15) is 0 Å². The monoisotopic (exact) mass is 389 g/mol. The zero-order valence-corrected chi connectivity index (χ0v) is 17.0. The van der Waals surface area contributed by atoms with Gasteiger partial charge >= 0.3 is 43.5 Å². The Morgan fingerprint density at radius 1 is 1.12 bits per heavy atom. The molecule has 0 aliphatic rings. The van der Waals surface area contributed by atoms with E-state index in [0.29, 0.717) is 12.0 Å². The molecule has 0 fully saturated rings. The Morgan fingerprint density at radius 3 is 2.42 bits per heavy atom. The van der Waals surface area contributed by atoms with Gasteiger partial charge < -0.3 is 19.7 Å². The quantitative estimate of drug-likeness (QED) is 0.397. The maximum atomic E-state index is 11.7. The van der Waals surface area contributed by atoms with Gasteiger partial charge in [-0.15, -0.1) is 0 Å². The average Bonchev–Trinajstić information content (AvgIpc) is 2.55. The number of amides is 1. The minimum absolute atomic E-state index is 0. The van der Waals surface area contributed by atoms with Crippen molar-refractivity contribution in [2.75, 3.05) is 6.54 Å². The fraction of sp³-hybridized carbons (Fsp3) is 0.188. The van der Waals surface area contributed by atoms with Crippen LogP contribution in [0.15, 0.2) is 48.5 Å². The van der Waals surface area contributed by atoms with E-state index in [0.717, 1.165) is 5.56 Å². The molecule has 0 bridgehead atoms. The van der Waals surface area contributed by atoms with Crippen LogP contribution < -0.4 is 44.5 Å². The molecule has 2 aromatic carbocycles. The predicted octanol–water partition coefficient (Wildman–Crippen LogP) is -1.30. The van der Waals surface area contributed by atoms with Crippen molar-refractivity contribution in [3.05, 3.63) is 59.7 Å². The maximum Gasteiger partial charge on any atom is 1.00 e. The number of alkyl carbamates (subject to hydrolysis) is 1. The normalized spacial score (nSPS) is 10.5. The average molecular weight is 389 g/mol. The second-order valence-corrected chi connectivity index (χ2v) is 6.27. The van der Waals surface area contributed by atoms with E-state index in [-0.39, 0.29) is 42.7 Å². The second-order valence-electron chi connectivity index (χ2n) is 5.10. The van der Waals surface area contributed by atoms with Crippen molar-refractivity contribution in [1.82, 2.24) is 5.32 Å². The van der Waals surface area contributed by atoms with Crippen LogP contribution in [-0.2, 0) is 22.3 Å². The van der Waals surface area contributed by atoms with Crippen LogP contribution in [0.25, 0.3) is 0 Å². The van der Waals surface area contributed by atoms with Gasteiger partial charge in [-0.05, 0) is 23.6 Å². The van der Waals surface area contributed by atoms with Crippen LogP contribution in [0.4, 0.5) is 4.79 Å². The molecule has 0 saturated carbocycles. The van der Waals surface area contributed by atoms with E-state index in [4.69, 9.17) is 14.5 Å². The number of phosphoric ester groups is 1. The number of phosphoric acid groups is 1. The van der Waals surface area contributed by atoms with Crippen molar-refractivity contribution < 1.29 is 63.1 Å². The molecule has 0 saturated heterocycles. The standard InChI is InChI=1S/C16H18NO7P.Na/c18-14-10-12(6-7-15(14)24-25(20,21)22)8-9-17-16(19)23-11-13-4-2-1-3-5-13;/h1-7,10,18H,8-9,11H2,(H,17,19)(H2,20,21,22);/q;+1/p-1. The summed E-state index contributed by atoms with van der Waals surface area (Å²) in [6, 6.07) is 13.1. The smallest absolute Gasteiger partial charge is 0.870 e. The molecule has 0 radical (unpaired) electrons. The fourth-order valence-electron chi connectivity index (χ4n) is 1.99. The summed E-state index contributed by atoms with van der Waals surface area (Å²) in [4.78, 5) is 29.0. The first-order valence-corrected chi connectivity index (χ1v) is 8.86. The molecule has 2 aromatic rings. The first-order chi connectivity index (χ1) is 11.8. The Balaban J connectivity index is 0.00000338. The van der Waals surface area contributed by atoms with E-state index < -0.39 is 25.4 Å². The van der Waals surface area contributed by atoms with E-state index in [1.54, 1.807) is 0 Å². The van der Waals surface area contributed by atoms with E-state index >= 15 is 0 Å². The summed E-state index contributed by atoms with van der Waals surface area (Å²) in [5.74, 6) is -1.07. The second kappa shape index (κ2) is 10.6. The van der Waals surface area contributed by atoms with E-state index in [1.807, 2.05) is 30.3 Å². The van der Waals surface area contributed by atoms with Crippen LogP contribution in [0, 0.1) is 0 Å². The molecular weight excluding hydrogens is 372 g/mol. The van der Waals surface area contributed by atoms with Gasteiger partial charge in [0.25, 0.3) is 0 Å². The molecule has 8 nitrogen and oxygen atoms in total. The van der Waals surface area contributed by atoms with Crippen LogP contribution in [0.5, 0.6) is 11.5 Å². The molecule has 0 aliphatic heterocycles. The zero-order valence-electron chi connectivity index (χ0n) is 14.1. The molecule has 0 heterocycles. The maximum absolute atomic E-state index is 11.7. The van der Waals surface area contributed by atoms with Gasteiger partial charge in [0.05, 0.1) is 0 Å². The molecule has 3 N–H and O–H groups in total. The van der Waals surface area contributed by atoms with Gasteiger partial charge in [-0.1, -0.05) is 48.2 Å². The van der Waals surface area contributed by atoms with Gasteiger partial charge in [-0.3, -0.25) is 9.79 Å². The van der Waals surface area contributed by atoms with Gasteiger partial charge in [0.2, 0.25) is 0 Å². The molecule has 0 spiro atoms. The van der Waals surface area contributed by atoms with Crippen LogP contribution in [0.2, 0.25) is 0 Å². The molecule has 0 aliphatic carbocycles. The molecular formula is C16H17NNaO7P. The minimum Gasteiger partial charge on any atom is -0.870 e. The fourth-order valence-corrected chi connectivity index (χ4v) is 2.40. The van der Waals surface area contributed by atoms with Crippen LogP contribution in [0.1, 0.15) is 11.1 Å². The number of carbonyl (C=O) groups is 1. The van der Waals surface area contributed by atoms with Crippen molar-refractivity contribution in [2.24, 2.45) is 0 Å². The largest absolute Gasteiger partial charge is 1.00 e. The third-order valence-corrected chi connectivity index (χ3v) is 3.56. The summed E-state index contributed by atoms with van der Waals surface area (Å²) < 4.78 is 20.0. The Kier molecular flexibility index (Phi) is 9.15. The molecule has 0 atom stereocenters. The van der Waals surface area contributed by atoms with Crippen molar-refractivity contribution >= 4 is 13.9 Å². The summed E-state index contributed by atoms with van der Waals surface area (Å²) in [7, 11) is -4.77. The summed E-state index contributed by atoms with van der Waals surface area (Å²) in [5, 5.41) is 14.2. The predicted molar refractivity (Wildman–Crippen MR) is 86.9 cm³/mol. The van der Waals surface area contributed by atoms with E-state index in [9.17, 15) is 14.5 Å². The summed E-state index contributed by atoms with van der Waals surface area (Å²) in [5.41, 5.74) is 1.46. The Labute approximate surface area is 172 Å². The van der Waals surface area contributed by atoms with Crippen LogP contribution in [0.3, 0.4) is 0 Å². The van der Waals surface area contributed by atoms with E-state index in [1.165, 1.54) is 18.2 Å². The van der Waals surface area contributed by atoms with Crippen LogP contribution >= 0.6 is 7.82 Å². The molecule has 10 heteroatoms. The Bertz CT molecular complexity index is 766. The molecule has 26 heavy (non-hydrogen) atoms. The number of ether oxygens (including phenoxy) is 1. The minimum atomic E-state index is -4.77. The van der Waals surface area contributed by atoms with Crippen molar-refractivity contribution in [3.8, 4) is 11.5 Å². The topological polar surface area (TPSA) is 128 Å². The number of benzene rings is 2. The first kappa shape index (κ1) is 22.5. The number of rotatable bonds is 7. The number of carbonyl (C=O) groups excluding carboxylic acids is 1. The van der Waals surface area contributed by atoms with Gasteiger partial charge in [0.15, 0.2) is 0 Å². The third-order valence-electron chi connectivity index (χ3n) is 3.12. The Morgan fingerprint density at radius 2 is 1.81 bits per heavy atom. The van der Waals surface area contributed by atoms with Gasteiger partial charge in [0, 0.05) is 6.54 Å². The summed E-state index contributed by atoms with van der Waals surface area (Å²) in [6.07, 6.45) is -0.223. The SMILES string of the molecule is O=C(NCCc1ccc(OP(=O)(O)O)c([O-])c1)OCc1ccccc1.[Na+]. The van der Waals surface area contributed by atoms with E-state index in [2.05, 4.69) is 9.84 Å². The van der Waals surface area contributed by atoms with Gasteiger partial charge in [-0.25, -0.2) is 9.36 Å². The number of nitrogens with one attached hydrogen (secondary N) is 1. The molecule has 2 rings (SSSR count). The van der Waals surface area contributed by atoms with Crippen molar-refractivity contribution in [1.29, 1.82) is 0 Å². The zero-order chi connectivity index (χ0) is 18.3. The van der Waals surface area contributed by atoms with Crippen molar-refractivity contribution in [2.45, 2.75) is 13.0 Å². The molecule has 134 valence electrons. The number of hydrogen-bond acceptors (Lipinski definition) is 5.